The molecule has 2 aromatic carbocycles. The van der Waals surface area contributed by atoms with Crippen molar-refractivity contribution in [2.45, 2.75) is 6.10 Å². The summed E-state index contributed by atoms with van der Waals surface area (Å²) in [5, 5.41) is 23.9. The molecular weight excluding hydrogens is 262 g/mol. The first-order chi connectivity index (χ1) is 9.54. The second-order valence-corrected chi connectivity index (χ2v) is 4.20. The average Bonchev–Trinajstić information content (AvgIpc) is 2.46. The average molecular weight is 275 g/mol. The molecule has 2 aromatic rings. The molecule has 0 saturated heterocycles. The van der Waals surface area contributed by atoms with Crippen molar-refractivity contribution >= 4 is 11.4 Å². The zero-order valence-electron chi connectivity index (χ0n) is 10.7. The topological polar surface area (TPSA) is 75.4 Å². The normalized spacial score (nSPS) is 11.9. The molecule has 0 heterocycles. The van der Waals surface area contributed by atoms with Gasteiger partial charge >= 0.3 is 0 Å². The number of nitrogens with one attached hydrogen (secondary N) is 1. The molecule has 20 heavy (non-hydrogen) atoms. The minimum Gasteiger partial charge on any atom is -0.388 e. The molecule has 0 bridgehead atoms. The predicted molar refractivity (Wildman–Crippen MR) is 73.1 cm³/mol. The van der Waals surface area contributed by atoms with Crippen molar-refractivity contribution in [2.75, 3.05) is 12.4 Å². The summed E-state index contributed by atoms with van der Waals surface area (Å²) < 4.78 is 13.7. The smallest absolute Gasteiger partial charge is 0.269 e. The van der Waals surface area contributed by atoms with E-state index in [1.807, 2.05) is 0 Å². The lowest BCUT2D eigenvalue weighted by atomic mass is 9.98. The largest absolute Gasteiger partial charge is 0.388 e. The molecule has 2 N–H and O–H groups in total. The van der Waals surface area contributed by atoms with Gasteiger partial charge in [0.25, 0.3) is 5.69 Å². The maximum Gasteiger partial charge on any atom is 0.269 e. The summed E-state index contributed by atoms with van der Waals surface area (Å²) in [5.41, 5.74) is 0.678. The Morgan fingerprint density at radius 2 is 1.95 bits per heavy atom. The van der Waals surface area contributed by atoms with Gasteiger partial charge in [0.05, 0.1) is 4.92 Å². The minimum absolute atomic E-state index is 0.0736. The van der Waals surface area contributed by atoms with E-state index < -0.39 is 16.8 Å². The molecule has 0 fully saturated rings. The molecule has 0 amide bonds. The summed E-state index contributed by atoms with van der Waals surface area (Å²) in [6.07, 6.45) is -1.28. The molecule has 104 valence electrons. The summed E-state index contributed by atoms with van der Waals surface area (Å²) in [6, 6.07) is 9.83. The van der Waals surface area contributed by atoms with Crippen LogP contribution in [0.2, 0.25) is 0 Å². The number of nitrogens with zero attached hydrogens (tertiary/aromatic N) is 1. The number of benzene rings is 2. The fourth-order valence-corrected chi connectivity index (χ4v) is 1.98. The Morgan fingerprint density at radius 1 is 1.25 bits per heavy atom. The highest BCUT2D eigenvalue weighted by atomic mass is 18.2. The van der Waals surface area contributed by atoms with Crippen LogP contribution in [-0.4, -0.2) is 17.1 Å². The first-order valence-electron chi connectivity index (χ1n) is 5.93. The van der Waals surface area contributed by atoms with Crippen molar-refractivity contribution < 1.29 is 14.4 Å². The summed E-state index contributed by atoms with van der Waals surface area (Å²) >= 11 is 0. The van der Waals surface area contributed by atoms with Gasteiger partial charge in [0.15, 0.2) is 0 Å². The van der Waals surface area contributed by atoms with E-state index in [4.69, 9.17) is 0 Å². The minimum atomic E-state index is -1.28. The molecule has 0 saturated carbocycles. The van der Waals surface area contributed by atoms with Gasteiger partial charge in [-0.3, -0.25) is 10.1 Å². The van der Waals surface area contributed by atoms with Gasteiger partial charge < -0.3 is 10.4 Å². The monoisotopic (exact) mass is 275 g/mol. The molecule has 2 rings (SSSR count). The standard InChI is InChI=1S/C14H13FN2O3/c1-16-13-7-6-9(17(19)20)8-11(13)14(18)10-4-2-3-5-12(10)15/h2-8,14,16,18H,1H3/i15-1. The number of rotatable bonds is 4. The van der Waals surface area contributed by atoms with Crippen molar-refractivity contribution in [3.05, 3.63) is 69.5 Å². The van der Waals surface area contributed by atoms with Crippen molar-refractivity contribution in [2.24, 2.45) is 0 Å². The van der Waals surface area contributed by atoms with Gasteiger partial charge in [-0.25, -0.2) is 4.39 Å². The van der Waals surface area contributed by atoms with E-state index in [2.05, 4.69) is 5.32 Å². The van der Waals surface area contributed by atoms with Gasteiger partial charge in [-0.15, -0.1) is 0 Å². The first-order valence-corrected chi connectivity index (χ1v) is 5.93. The maximum absolute atomic E-state index is 13.7. The van der Waals surface area contributed by atoms with Gasteiger partial charge in [-0.05, 0) is 12.1 Å². The molecule has 1 unspecified atom stereocenters. The SMILES string of the molecule is CNc1ccc([N+](=O)[O-])cc1C(O)c1ccccc1[18F]. The number of non-ortho nitro benzene ring substituents is 1. The Hall–Kier alpha value is -2.47. The van der Waals surface area contributed by atoms with Crippen LogP contribution in [-0.2, 0) is 0 Å². The highest BCUT2D eigenvalue weighted by Crippen LogP contribution is 2.32. The molecule has 0 radical (unpaired) electrons. The molecule has 0 spiro atoms. The van der Waals surface area contributed by atoms with Gasteiger partial charge in [0, 0.05) is 36.0 Å². The van der Waals surface area contributed by atoms with Crippen LogP contribution in [0.1, 0.15) is 17.2 Å². The number of hydrogen-bond acceptors (Lipinski definition) is 4. The van der Waals surface area contributed by atoms with Crippen molar-refractivity contribution in [1.29, 1.82) is 0 Å². The highest BCUT2D eigenvalue weighted by Gasteiger charge is 2.20. The van der Waals surface area contributed by atoms with Crippen LogP contribution in [0.3, 0.4) is 0 Å². The third-order valence-electron chi connectivity index (χ3n) is 3.01. The predicted octanol–water partition coefficient (Wildman–Crippen LogP) is 2.86. The molecule has 0 aliphatic rings. The highest BCUT2D eigenvalue weighted by molar-refractivity contribution is 5.58. The lowest BCUT2D eigenvalue weighted by molar-refractivity contribution is -0.384. The maximum atomic E-state index is 13.7. The van der Waals surface area contributed by atoms with Gasteiger partial charge in [0.1, 0.15) is 11.9 Å². The fourth-order valence-electron chi connectivity index (χ4n) is 1.98. The zero-order chi connectivity index (χ0) is 14.7. The van der Waals surface area contributed by atoms with E-state index in [0.717, 1.165) is 0 Å². The van der Waals surface area contributed by atoms with Gasteiger partial charge in [0.2, 0.25) is 0 Å². The van der Waals surface area contributed by atoms with Crippen LogP contribution in [0.25, 0.3) is 0 Å². The van der Waals surface area contributed by atoms with E-state index in [1.165, 1.54) is 36.4 Å². The van der Waals surface area contributed by atoms with E-state index in [0.29, 0.717) is 5.69 Å². The lowest BCUT2D eigenvalue weighted by Crippen LogP contribution is -2.06. The van der Waals surface area contributed by atoms with Crippen LogP contribution in [0.5, 0.6) is 0 Å². The quantitative estimate of drug-likeness (QED) is 0.664. The fraction of sp³-hybridized carbons (Fsp3) is 0.143. The van der Waals surface area contributed by atoms with Crippen LogP contribution in [0, 0.1) is 15.9 Å². The van der Waals surface area contributed by atoms with E-state index in [9.17, 15) is 19.6 Å². The summed E-state index contributed by atoms with van der Waals surface area (Å²) in [4.78, 5) is 10.2. The lowest BCUT2D eigenvalue weighted by Gasteiger charge is -2.16. The van der Waals surface area contributed by atoms with E-state index >= 15 is 0 Å². The molecular formula is C14H13FN2O3. The van der Waals surface area contributed by atoms with Crippen LogP contribution in [0.15, 0.2) is 42.5 Å². The summed E-state index contributed by atoms with van der Waals surface area (Å²) in [5.74, 6) is -0.562. The second-order valence-electron chi connectivity index (χ2n) is 4.20. The van der Waals surface area contributed by atoms with Crippen LogP contribution < -0.4 is 5.32 Å². The Bertz CT molecular complexity index is 646. The number of halogens is 1. The summed E-state index contributed by atoms with van der Waals surface area (Å²) in [7, 11) is 1.62. The van der Waals surface area contributed by atoms with E-state index in [1.54, 1.807) is 13.1 Å². The number of aliphatic hydroxyl groups excluding tert-OH is 1. The summed E-state index contributed by atoms with van der Waals surface area (Å²) in [6.45, 7) is 0. The zero-order valence-corrected chi connectivity index (χ0v) is 10.7. The van der Waals surface area contributed by atoms with Crippen LogP contribution in [0.4, 0.5) is 15.8 Å². The van der Waals surface area contributed by atoms with Crippen LogP contribution >= 0.6 is 0 Å². The number of nitro groups is 1. The number of nitro benzene ring substituents is 1. The number of hydrogen-bond donors (Lipinski definition) is 2. The van der Waals surface area contributed by atoms with Crippen molar-refractivity contribution in [3.8, 4) is 0 Å². The Balaban J connectivity index is 2.52. The Kier molecular flexibility index (Phi) is 3.95. The molecule has 0 aliphatic heterocycles. The number of aliphatic hydroxyl groups is 1. The third-order valence-corrected chi connectivity index (χ3v) is 3.01. The van der Waals surface area contributed by atoms with Gasteiger partial charge in [-0.2, -0.15) is 0 Å². The third kappa shape index (κ3) is 2.60. The van der Waals surface area contributed by atoms with Gasteiger partial charge in [-0.1, -0.05) is 18.2 Å². The van der Waals surface area contributed by atoms with Crippen molar-refractivity contribution in [3.63, 3.8) is 0 Å². The van der Waals surface area contributed by atoms with E-state index in [-0.39, 0.29) is 16.8 Å². The first kappa shape index (κ1) is 14.0. The molecule has 0 aliphatic carbocycles. The Morgan fingerprint density at radius 3 is 2.55 bits per heavy atom. The molecule has 5 nitrogen and oxygen atoms in total. The molecule has 0 aromatic heterocycles. The molecule has 6 heteroatoms. The Labute approximate surface area is 114 Å². The van der Waals surface area contributed by atoms with Crippen molar-refractivity contribution in [1.82, 2.24) is 0 Å². The molecule has 1 atom stereocenters. The number of anilines is 1. The second kappa shape index (κ2) is 5.66.